The fourth-order valence-electron chi connectivity index (χ4n) is 2.47. The Labute approximate surface area is 171 Å². The van der Waals surface area contributed by atoms with Crippen molar-refractivity contribution >= 4 is 17.9 Å². The summed E-state index contributed by atoms with van der Waals surface area (Å²) in [6.45, 7) is -0.641. The second kappa shape index (κ2) is 10.6. The minimum atomic E-state index is -1.54. The quantitative estimate of drug-likeness (QED) is 0.376. The lowest BCUT2D eigenvalue weighted by Crippen LogP contribution is -2.16. The number of halogens is 1. The molecule has 2 rings (SSSR count). The Hall–Kier alpha value is -3.88. The SMILES string of the molecule is COC=C(Oc1ccc(F)c(COC(=O)Cc2ccccc2)c1C(=O)O)C(=O)OC. The number of carbonyl (C=O) groups is 3. The lowest BCUT2D eigenvalue weighted by molar-refractivity contribution is -0.144. The summed E-state index contributed by atoms with van der Waals surface area (Å²) in [5, 5.41) is 9.56. The van der Waals surface area contributed by atoms with Gasteiger partial charge in [0.2, 0.25) is 5.76 Å². The van der Waals surface area contributed by atoms with Crippen LogP contribution in [0.2, 0.25) is 0 Å². The van der Waals surface area contributed by atoms with E-state index in [-0.39, 0.29) is 12.2 Å². The third-order valence-electron chi connectivity index (χ3n) is 3.83. The van der Waals surface area contributed by atoms with E-state index in [1.165, 1.54) is 7.11 Å². The number of carboxylic acids is 1. The molecule has 0 amide bonds. The molecule has 0 bridgehead atoms. The van der Waals surface area contributed by atoms with Crippen LogP contribution in [0, 0.1) is 5.82 Å². The van der Waals surface area contributed by atoms with Crippen molar-refractivity contribution in [3.8, 4) is 5.75 Å². The molecule has 0 spiro atoms. The molecule has 8 nitrogen and oxygen atoms in total. The maximum atomic E-state index is 14.3. The molecule has 0 fully saturated rings. The first-order chi connectivity index (χ1) is 14.4. The summed E-state index contributed by atoms with van der Waals surface area (Å²) in [4.78, 5) is 35.5. The molecule has 0 aliphatic carbocycles. The zero-order chi connectivity index (χ0) is 22.1. The Morgan fingerprint density at radius 3 is 2.37 bits per heavy atom. The molecule has 0 saturated carbocycles. The van der Waals surface area contributed by atoms with Crippen LogP contribution < -0.4 is 4.74 Å². The summed E-state index contributed by atoms with van der Waals surface area (Å²) >= 11 is 0. The summed E-state index contributed by atoms with van der Waals surface area (Å²) in [6.07, 6.45) is 0.838. The van der Waals surface area contributed by atoms with Gasteiger partial charge in [0.25, 0.3) is 0 Å². The van der Waals surface area contributed by atoms with Gasteiger partial charge in [0, 0.05) is 5.56 Å². The van der Waals surface area contributed by atoms with Crippen LogP contribution in [0.3, 0.4) is 0 Å². The molecule has 1 N–H and O–H groups in total. The van der Waals surface area contributed by atoms with Gasteiger partial charge in [0.15, 0.2) is 0 Å². The molecule has 2 aromatic carbocycles. The first kappa shape index (κ1) is 22.4. The maximum Gasteiger partial charge on any atom is 0.377 e. The number of hydrogen-bond donors (Lipinski definition) is 1. The fourth-order valence-corrected chi connectivity index (χ4v) is 2.47. The molecule has 0 heterocycles. The van der Waals surface area contributed by atoms with Gasteiger partial charge in [-0.3, -0.25) is 4.79 Å². The number of ether oxygens (including phenoxy) is 4. The number of carboxylic acid groups (broad SMARTS) is 1. The number of methoxy groups -OCH3 is 2. The number of hydrogen-bond acceptors (Lipinski definition) is 7. The highest BCUT2D eigenvalue weighted by Crippen LogP contribution is 2.28. The topological polar surface area (TPSA) is 108 Å². The third-order valence-corrected chi connectivity index (χ3v) is 3.83. The third kappa shape index (κ3) is 5.81. The second-order valence-corrected chi connectivity index (χ2v) is 5.84. The number of benzene rings is 2. The predicted molar refractivity (Wildman–Crippen MR) is 101 cm³/mol. The van der Waals surface area contributed by atoms with Crippen LogP contribution in [0.25, 0.3) is 0 Å². The molecule has 0 aliphatic heterocycles. The van der Waals surface area contributed by atoms with Gasteiger partial charge in [0.1, 0.15) is 30.0 Å². The van der Waals surface area contributed by atoms with Gasteiger partial charge < -0.3 is 24.1 Å². The van der Waals surface area contributed by atoms with E-state index in [1.807, 2.05) is 0 Å². The first-order valence-corrected chi connectivity index (χ1v) is 8.60. The van der Waals surface area contributed by atoms with Crippen molar-refractivity contribution in [2.45, 2.75) is 13.0 Å². The smallest absolute Gasteiger partial charge is 0.377 e. The van der Waals surface area contributed by atoms with E-state index in [2.05, 4.69) is 4.74 Å². The van der Waals surface area contributed by atoms with Crippen LogP contribution in [0.1, 0.15) is 21.5 Å². The Morgan fingerprint density at radius 1 is 1.07 bits per heavy atom. The van der Waals surface area contributed by atoms with Crippen LogP contribution in [0.5, 0.6) is 5.75 Å². The molecule has 0 saturated heterocycles. The van der Waals surface area contributed by atoms with Crippen LogP contribution in [0.4, 0.5) is 4.39 Å². The van der Waals surface area contributed by atoms with Crippen LogP contribution in [-0.2, 0) is 36.8 Å². The van der Waals surface area contributed by atoms with E-state index >= 15 is 0 Å². The lowest BCUT2D eigenvalue weighted by atomic mass is 10.1. The molecule has 0 unspecified atom stereocenters. The van der Waals surface area contributed by atoms with E-state index < -0.39 is 47.2 Å². The summed E-state index contributed by atoms with van der Waals surface area (Å²) in [6, 6.07) is 10.7. The lowest BCUT2D eigenvalue weighted by Gasteiger charge is -2.14. The Morgan fingerprint density at radius 2 is 1.77 bits per heavy atom. The van der Waals surface area contributed by atoms with Gasteiger partial charge in [-0.2, -0.15) is 0 Å². The minimum Gasteiger partial charge on any atom is -0.500 e. The standard InChI is InChI=1S/C21H19FO8/c1-27-12-17(21(26)28-2)30-16-9-8-15(22)14(19(16)20(24)25)11-29-18(23)10-13-6-4-3-5-7-13/h3-9,12H,10-11H2,1-2H3,(H,24,25). The van der Waals surface area contributed by atoms with Gasteiger partial charge in [-0.1, -0.05) is 30.3 Å². The van der Waals surface area contributed by atoms with Crippen molar-refractivity contribution in [2.75, 3.05) is 14.2 Å². The minimum absolute atomic E-state index is 0.0654. The van der Waals surface area contributed by atoms with Crippen molar-refractivity contribution in [1.29, 1.82) is 0 Å². The van der Waals surface area contributed by atoms with Crippen molar-refractivity contribution in [2.24, 2.45) is 0 Å². The molecule has 0 atom stereocenters. The van der Waals surface area contributed by atoms with Crippen molar-refractivity contribution < 1.29 is 42.8 Å². The fraction of sp³-hybridized carbons (Fsp3) is 0.190. The van der Waals surface area contributed by atoms with Crippen molar-refractivity contribution in [3.05, 3.63) is 77.0 Å². The van der Waals surface area contributed by atoms with Crippen molar-refractivity contribution in [3.63, 3.8) is 0 Å². The van der Waals surface area contributed by atoms with E-state index in [4.69, 9.17) is 14.2 Å². The van der Waals surface area contributed by atoms with E-state index in [9.17, 15) is 23.9 Å². The second-order valence-electron chi connectivity index (χ2n) is 5.84. The average Bonchev–Trinajstić information content (AvgIpc) is 2.73. The molecule has 0 radical (unpaired) electrons. The van der Waals surface area contributed by atoms with E-state index in [0.717, 1.165) is 25.5 Å². The molecule has 158 valence electrons. The Kier molecular flexibility index (Phi) is 7.92. The maximum absolute atomic E-state index is 14.3. The molecule has 0 aliphatic rings. The van der Waals surface area contributed by atoms with Gasteiger partial charge in [-0.25, -0.2) is 14.0 Å². The Balaban J connectivity index is 2.27. The summed E-state index contributed by atoms with van der Waals surface area (Å²) in [7, 11) is 2.34. The zero-order valence-corrected chi connectivity index (χ0v) is 16.2. The van der Waals surface area contributed by atoms with Gasteiger partial charge in [-0.05, 0) is 17.7 Å². The monoisotopic (exact) mass is 418 g/mol. The zero-order valence-electron chi connectivity index (χ0n) is 16.2. The Bertz CT molecular complexity index is 953. The largest absolute Gasteiger partial charge is 0.500 e. The number of rotatable bonds is 9. The molecule has 30 heavy (non-hydrogen) atoms. The highest BCUT2D eigenvalue weighted by molar-refractivity contribution is 5.93. The number of esters is 2. The predicted octanol–water partition coefficient (Wildman–Crippen LogP) is 2.85. The van der Waals surface area contributed by atoms with Crippen LogP contribution in [0.15, 0.2) is 54.5 Å². The molecular weight excluding hydrogens is 399 g/mol. The highest BCUT2D eigenvalue weighted by Gasteiger charge is 2.25. The van der Waals surface area contributed by atoms with Crippen LogP contribution in [-0.4, -0.2) is 37.2 Å². The molecule has 2 aromatic rings. The van der Waals surface area contributed by atoms with E-state index in [0.29, 0.717) is 5.56 Å². The normalized spacial score (nSPS) is 10.8. The molecule has 9 heteroatoms. The van der Waals surface area contributed by atoms with Crippen molar-refractivity contribution in [1.82, 2.24) is 0 Å². The van der Waals surface area contributed by atoms with Crippen LogP contribution >= 0.6 is 0 Å². The van der Waals surface area contributed by atoms with Gasteiger partial charge >= 0.3 is 17.9 Å². The summed E-state index contributed by atoms with van der Waals surface area (Å²) in [5.41, 5.74) is -0.331. The number of aromatic carboxylic acids is 1. The molecular formula is C21H19FO8. The highest BCUT2D eigenvalue weighted by atomic mass is 19.1. The summed E-state index contributed by atoms with van der Waals surface area (Å²) in [5.74, 6) is -4.87. The average molecular weight is 418 g/mol. The molecule has 0 aromatic heterocycles. The van der Waals surface area contributed by atoms with Gasteiger partial charge in [0.05, 0.1) is 20.6 Å². The summed E-state index contributed by atoms with van der Waals surface area (Å²) < 4.78 is 33.9. The first-order valence-electron chi connectivity index (χ1n) is 8.60. The van der Waals surface area contributed by atoms with Gasteiger partial charge in [-0.15, -0.1) is 0 Å². The van der Waals surface area contributed by atoms with E-state index in [1.54, 1.807) is 30.3 Å². The number of carbonyl (C=O) groups excluding carboxylic acids is 2.